The molecule has 0 N–H and O–H groups in total. The first-order valence-corrected chi connectivity index (χ1v) is 5.38. The quantitative estimate of drug-likeness (QED) is 0.600. The lowest BCUT2D eigenvalue weighted by molar-refractivity contribution is 0.716. The standard InChI is InChI=1S/C13H15N/c1-14-12-7-3-2-5-10(12)9-11-6-4-8-13(11)14/h2-3,5,7,9,13H,4,6,8H2,1H3. The average Bonchev–Trinajstić information content (AvgIpc) is 2.66. The molecule has 0 bridgehead atoms. The zero-order valence-electron chi connectivity index (χ0n) is 8.53. The Morgan fingerprint density at radius 1 is 1.29 bits per heavy atom. The van der Waals surface area contributed by atoms with Crippen molar-refractivity contribution < 1.29 is 0 Å². The van der Waals surface area contributed by atoms with Crippen LogP contribution in [0.2, 0.25) is 0 Å². The predicted octanol–water partition coefficient (Wildman–Crippen LogP) is 3.07. The Hall–Kier alpha value is -1.24. The van der Waals surface area contributed by atoms with Crippen LogP contribution in [0.4, 0.5) is 5.69 Å². The molecule has 2 aliphatic rings. The lowest BCUT2D eigenvalue weighted by atomic mass is 9.98. The van der Waals surface area contributed by atoms with Gasteiger partial charge in [-0.1, -0.05) is 24.3 Å². The molecule has 1 heterocycles. The molecule has 1 aromatic rings. The summed E-state index contributed by atoms with van der Waals surface area (Å²) in [5.41, 5.74) is 4.41. The molecule has 1 atom stereocenters. The molecule has 0 aromatic heterocycles. The number of fused-ring (bicyclic) bond motifs is 2. The van der Waals surface area contributed by atoms with E-state index in [1.165, 1.54) is 30.5 Å². The van der Waals surface area contributed by atoms with E-state index in [1.54, 1.807) is 5.57 Å². The molecule has 1 nitrogen and oxygen atoms in total. The Morgan fingerprint density at radius 3 is 3.07 bits per heavy atom. The molecule has 14 heavy (non-hydrogen) atoms. The zero-order valence-corrected chi connectivity index (χ0v) is 8.53. The van der Waals surface area contributed by atoms with Gasteiger partial charge in [0.25, 0.3) is 0 Å². The summed E-state index contributed by atoms with van der Waals surface area (Å²) in [4.78, 5) is 2.44. The van der Waals surface area contributed by atoms with E-state index >= 15 is 0 Å². The van der Waals surface area contributed by atoms with Gasteiger partial charge in [0.1, 0.15) is 0 Å². The second-order valence-electron chi connectivity index (χ2n) is 4.30. The summed E-state index contributed by atoms with van der Waals surface area (Å²) < 4.78 is 0. The third-order valence-electron chi connectivity index (χ3n) is 3.50. The van der Waals surface area contributed by atoms with Crippen LogP contribution in [-0.4, -0.2) is 13.1 Å². The molecule has 0 spiro atoms. The zero-order chi connectivity index (χ0) is 9.54. The molecule has 1 heteroatoms. The summed E-state index contributed by atoms with van der Waals surface area (Å²) >= 11 is 0. The summed E-state index contributed by atoms with van der Waals surface area (Å²) in [7, 11) is 2.22. The van der Waals surface area contributed by atoms with E-state index in [4.69, 9.17) is 0 Å². The SMILES string of the molecule is CN1c2ccccc2C=C2CCCC21. The Morgan fingerprint density at radius 2 is 2.14 bits per heavy atom. The van der Waals surface area contributed by atoms with Gasteiger partial charge in [0.15, 0.2) is 0 Å². The first-order chi connectivity index (χ1) is 6.86. The van der Waals surface area contributed by atoms with Gasteiger partial charge in [-0.25, -0.2) is 0 Å². The van der Waals surface area contributed by atoms with Gasteiger partial charge in [0.2, 0.25) is 0 Å². The van der Waals surface area contributed by atoms with Crippen molar-refractivity contribution >= 4 is 11.8 Å². The number of anilines is 1. The van der Waals surface area contributed by atoms with Gasteiger partial charge in [-0.3, -0.25) is 0 Å². The van der Waals surface area contributed by atoms with Gasteiger partial charge in [0.05, 0.1) is 6.04 Å². The number of para-hydroxylation sites is 1. The molecule has 1 aliphatic heterocycles. The van der Waals surface area contributed by atoms with E-state index in [-0.39, 0.29) is 0 Å². The highest BCUT2D eigenvalue weighted by Crippen LogP contribution is 2.39. The van der Waals surface area contributed by atoms with Crippen molar-refractivity contribution in [2.24, 2.45) is 0 Å². The van der Waals surface area contributed by atoms with Crippen molar-refractivity contribution in [3.63, 3.8) is 0 Å². The van der Waals surface area contributed by atoms with Crippen LogP contribution in [0.3, 0.4) is 0 Å². The average molecular weight is 185 g/mol. The van der Waals surface area contributed by atoms with Crippen LogP contribution in [0.25, 0.3) is 6.08 Å². The van der Waals surface area contributed by atoms with Gasteiger partial charge >= 0.3 is 0 Å². The minimum atomic E-state index is 0.685. The van der Waals surface area contributed by atoms with Crippen molar-refractivity contribution in [3.05, 3.63) is 35.4 Å². The number of rotatable bonds is 0. The third-order valence-corrected chi connectivity index (χ3v) is 3.50. The van der Waals surface area contributed by atoms with Crippen molar-refractivity contribution in [1.29, 1.82) is 0 Å². The molecule has 0 radical (unpaired) electrons. The first-order valence-electron chi connectivity index (χ1n) is 5.38. The van der Waals surface area contributed by atoms with Crippen LogP contribution < -0.4 is 4.90 Å². The molecule has 1 aliphatic carbocycles. The highest BCUT2D eigenvalue weighted by atomic mass is 15.1. The highest BCUT2D eigenvalue weighted by Gasteiger charge is 2.28. The number of benzene rings is 1. The predicted molar refractivity (Wildman–Crippen MR) is 60.5 cm³/mol. The molecular formula is C13H15N. The second-order valence-corrected chi connectivity index (χ2v) is 4.30. The van der Waals surface area contributed by atoms with Crippen molar-refractivity contribution in [2.45, 2.75) is 25.3 Å². The van der Waals surface area contributed by atoms with E-state index in [0.717, 1.165) is 0 Å². The smallest absolute Gasteiger partial charge is 0.0502 e. The molecule has 3 rings (SSSR count). The maximum Gasteiger partial charge on any atom is 0.0502 e. The number of likely N-dealkylation sites (N-methyl/N-ethyl adjacent to an activating group) is 1. The lowest BCUT2D eigenvalue weighted by Crippen LogP contribution is -2.32. The molecule has 72 valence electrons. The summed E-state index contributed by atoms with van der Waals surface area (Å²) in [6.45, 7) is 0. The fourth-order valence-corrected chi connectivity index (χ4v) is 2.76. The molecule has 1 unspecified atom stereocenters. The van der Waals surface area contributed by atoms with Crippen LogP contribution in [0.15, 0.2) is 29.8 Å². The number of nitrogens with zero attached hydrogens (tertiary/aromatic N) is 1. The Labute approximate surface area is 85.0 Å². The summed E-state index contributed by atoms with van der Waals surface area (Å²) in [6.07, 6.45) is 6.38. The van der Waals surface area contributed by atoms with E-state index in [2.05, 4.69) is 42.3 Å². The summed E-state index contributed by atoms with van der Waals surface area (Å²) in [6, 6.07) is 9.38. The van der Waals surface area contributed by atoms with Gasteiger partial charge in [0, 0.05) is 12.7 Å². The van der Waals surface area contributed by atoms with Crippen LogP contribution in [-0.2, 0) is 0 Å². The lowest BCUT2D eigenvalue weighted by Gasteiger charge is -2.33. The van der Waals surface area contributed by atoms with Crippen LogP contribution in [0.1, 0.15) is 24.8 Å². The van der Waals surface area contributed by atoms with Gasteiger partial charge < -0.3 is 4.90 Å². The van der Waals surface area contributed by atoms with E-state index in [1.807, 2.05) is 0 Å². The Balaban J connectivity index is 2.15. The Kier molecular flexibility index (Phi) is 1.66. The fraction of sp³-hybridized carbons (Fsp3) is 0.385. The molecule has 1 aromatic carbocycles. The molecule has 0 saturated heterocycles. The van der Waals surface area contributed by atoms with Crippen LogP contribution in [0, 0.1) is 0 Å². The van der Waals surface area contributed by atoms with E-state index in [9.17, 15) is 0 Å². The first kappa shape index (κ1) is 8.10. The Bertz CT molecular complexity index is 392. The second kappa shape index (κ2) is 2.88. The minimum absolute atomic E-state index is 0.685. The monoisotopic (exact) mass is 185 g/mol. The summed E-state index contributed by atoms with van der Waals surface area (Å²) in [5, 5.41) is 0. The van der Waals surface area contributed by atoms with Gasteiger partial charge in [-0.15, -0.1) is 0 Å². The normalized spacial score (nSPS) is 24.2. The highest BCUT2D eigenvalue weighted by molar-refractivity contribution is 5.74. The van der Waals surface area contributed by atoms with Crippen molar-refractivity contribution in [2.75, 3.05) is 11.9 Å². The largest absolute Gasteiger partial charge is 0.367 e. The topological polar surface area (TPSA) is 3.24 Å². The maximum atomic E-state index is 2.44. The van der Waals surface area contributed by atoms with Crippen molar-refractivity contribution in [3.8, 4) is 0 Å². The number of hydrogen-bond acceptors (Lipinski definition) is 1. The number of hydrogen-bond donors (Lipinski definition) is 0. The minimum Gasteiger partial charge on any atom is -0.367 e. The van der Waals surface area contributed by atoms with E-state index in [0.29, 0.717) is 6.04 Å². The van der Waals surface area contributed by atoms with Gasteiger partial charge in [-0.2, -0.15) is 0 Å². The fourth-order valence-electron chi connectivity index (χ4n) is 2.76. The van der Waals surface area contributed by atoms with E-state index < -0.39 is 0 Å². The van der Waals surface area contributed by atoms with Crippen LogP contribution in [0.5, 0.6) is 0 Å². The molecule has 1 saturated carbocycles. The maximum absolute atomic E-state index is 2.44. The molecular weight excluding hydrogens is 170 g/mol. The molecule has 0 amide bonds. The third kappa shape index (κ3) is 1.02. The molecule has 1 fully saturated rings. The van der Waals surface area contributed by atoms with Crippen LogP contribution >= 0.6 is 0 Å². The summed E-state index contributed by atoms with van der Waals surface area (Å²) in [5.74, 6) is 0. The van der Waals surface area contributed by atoms with Gasteiger partial charge in [-0.05, 0) is 36.5 Å². The van der Waals surface area contributed by atoms with Crippen molar-refractivity contribution in [1.82, 2.24) is 0 Å².